The van der Waals surface area contributed by atoms with E-state index >= 15 is 0 Å². The van der Waals surface area contributed by atoms with Gasteiger partial charge in [-0.05, 0) is 48.5 Å². The second kappa shape index (κ2) is 9.31. The number of nitrogens with one attached hydrogen (secondary N) is 1. The lowest BCUT2D eigenvalue weighted by Crippen LogP contribution is -2.23. The Balaban J connectivity index is 1.62. The van der Waals surface area contributed by atoms with E-state index in [1.807, 2.05) is 30.3 Å². The summed E-state index contributed by atoms with van der Waals surface area (Å²) in [5.41, 5.74) is 2.62. The average molecular weight is 446 g/mol. The summed E-state index contributed by atoms with van der Waals surface area (Å²) >= 11 is 0. The molecule has 4 aromatic rings. The smallest absolute Gasteiger partial charge is 0.311 e. The Labute approximate surface area is 188 Å². The maximum Gasteiger partial charge on any atom is 0.311 e. The first-order valence-corrected chi connectivity index (χ1v) is 9.97. The number of methoxy groups -OCH3 is 1. The first kappa shape index (κ1) is 21.7. The van der Waals surface area contributed by atoms with Crippen LogP contribution in [0.5, 0.6) is 5.75 Å². The highest BCUT2D eigenvalue weighted by Gasteiger charge is 2.19. The summed E-state index contributed by atoms with van der Waals surface area (Å²) in [6.07, 6.45) is 1.78. The van der Waals surface area contributed by atoms with Crippen molar-refractivity contribution in [2.45, 2.75) is 6.54 Å². The van der Waals surface area contributed by atoms with Crippen LogP contribution in [-0.2, 0) is 6.54 Å². The third-order valence-corrected chi connectivity index (χ3v) is 5.01. The van der Waals surface area contributed by atoms with E-state index in [-0.39, 0.29) is 29.4 Å². The van der Waals surface area contributed by atoms with Gasteiger partial charge in [-0.1, -0.05) is 18.2 Å². The van der Waals surface area contributed by atoms with E-state index in [2.05, 4.69) is 10.4 Å². The van der Waals surface area contributed by atoms with Crippen molar-refractivity contribution in [2.75, 3.05) is 7.11 Å². The minimum absolute atomic E-state index is 0.0688. The fraction of sp³-hybridized carbons (Fsp3) is 0.0833. The van der Waals surface area contributed by atoms with E-state index in [1.54, 1.807) is 23.0 Å². The molecular formula is C24H19FN4O4. The molecule has 0 radical (unpaired) electrons. The van der Waals surface area contributed by atoms with Crippen molar-refractivity contribution in [3.63, 3.8) is 0 Å². The van der Waals surface area contributed by atoms with Gasteiger partial charge in [-0.15, -0.1) is 0 Å². The predicted octanol–water partition coefficient (Wildman–Crippen LogP) is 4.53. The van der Waals surface area contributed by atoms with Gasteiger partial charge in [0, 0.05) is 35.5 Å². The number of ether oxygens (including phenoxy) is 1. The van der Waals surface area contributed by atoms with Gasteiger partial charge in [-0.25, -0.2) is 9.07 Å². The molecule has 0 saturated heterocycles. The molecule has 3 aromatic carbocycles. The SMILES string of the molecule is COc1ccc(C(=O)NCc2cn(-c3ccccc3)nc2-c2ccc(F)cc2)cc1[N+](=O)[O-]. The number of carbonyl (C=O) groups excluding carboxylic acids is 1. The molecule has 0 bridgehead atoms. The third kappa shape index (κ3) is 4.72. The van der Waals surface area contributed by atoms with Crippen molar-refractivity contribution < 1.29 is 18.8 Å². The van der Waals surface area contributed by atoms with Crippen LogP contribution < -0.4 is 10.1 Å². The number of nitrogens with zero attached hydrogens (tertiary/aromatic N) is 3. The maximum absolute atomic E-state index is 13.4. The fourth-order valence-corrected chi connectivity index (χ4v) is 3.35. The van der Waals surface area contributed by atoms with Gasteiger partial charge in [0.15, 0.2) is 5.75 Å². The van der Waals surface area contributed by atoms with Gasteiger partial charge >= 0.3 is 5.69 Å². The van der Waals surface area contributed by atoms with E-state index in [4.69, 9.17) is 4.74 Å². The monoisotopic (exact) mass is 446 g/mol. The molecule has 1 N–H and O–H groups in total. The second-order valence-corrected chi connectivity index (χ2v) is 7.12. The molecule has 0 unspecified atom stereocenters. The van der Waals surface area contributed by atoms with Crippen molar-refractivity contribution in [1.82, 2.24) is 15.1 Å². The summed E-state index contributed by atoms with van der Waals surface area (Å²) in [6, 6.07) is 19.4. The highest BCUT2D eigenvalue weighted by molar-refractivity contribution is 5.95. The molecule has 9 heteroatoms. The van der Waals surface area contributed by atoms with Crippen LogP contribution in [0, 0.1) is 15.9 Å². The van der Waals surface area contributed by atoms with Gasteiger partial charge in [0.25, 0.3) is 5.91 Å². The van der Waals surface area contributed by atoms with Crippen molar-refractivity contribution >= 4 is 11.6 Å². The lowest BCUT2D eigenvalue weighted by atomic mass is 10.1. The van der Waals surface area contributed by atoms with Gasteiger partial charge in [-0.3, -0.25) is 14.9 Å². The first-order chi connectivity index (χ1) is 16.0. The summed E-state index contributed by atoms with van der Waals surface area (Å²) in [5, 5.41) is 18.7. The van der Waals surface area contributed by atoms with Crippen LogP contribution in [0.3, 0.4) is 0 Å². The van der Waals surface area contributed by atoms with E-state index in [0.29, 0.717) is 16.8 Å². The van der Waals surface area contributed by atoms with Gasteiger partial charge in [-0.2, -0.15) is 5.10 Å². The summed E-state index contributed by atoms with van der Waals surface area (Å²) < 4.78 is 20.1. The number of aromatic nitrogens is 2. The molecule has 8 nitrogen and oxygen atoms in total. The normalized spacial score (nSPS) is 10.6. The number of rotatable bonds is 7. The lowest BCUT2D eigenvalue weighted by molar-refractivity contribution is -0.385. The Morgan fingerprint density at radius 2 is 1.85 bits per heavy atom. The highest BCUT2D eigenvalue weighted by Crippen LogP contribution is 2.28. The van der Waals surface area contributed by atoms with Crippen molar-refractivity contribution in [2.24, 2.45) is 0 Å². The minimum Gasteiger partial charge on any atom is -0.490 e. The first-order valence-electron chi connectivity index (χ1n) is 9.97. The van der Waals surface area contributed by atoms with E-state index < -0.39 is 10.8 Å². The zero-order valence-corrected chi connectivity index (χ0v) is 17.6. The van der Waals surface area contributed by atoms with Gasteiger partial charge in [0.05, 0.1) is 23.4 Å². The van der Waals surface area contributed by atoms with Crippen LogP contribution in [0.15, 0.2) is 79.0 Å². The number of hydrogen-bond acceptors (Lipinski definition) is 5. The number of nitro groups is 1. The van der Waals surface area contributed by atoms with Crippen LogP contribution in [0.1, 0.15) is 15.9 Å². The topological polar surface area (TPSA) is 99.3 Å². The highest BCUT2D eigenvalue weighted by atomic mass is 19.1. The summed E-state index contributed by atoms with van der Waals surface area (Å²) in [4.78, 5) is 23.4. The number of carbonyl (C=O) groups is 1. The van der Waals surface area contributed by atoms with Crippen LogP contribution >= 0.6 is 0 Å². The Morgan fingerprint density at radius 3 is 2.52 bits per heavy atom. The molecular weight excluding hydrogens is 427 g/mol. The number of halogens is 1. The average Bonchev–Trinajstić information content (AvgIpc) is 3.27. The van der Waals surface area contributed by atoms with Crippen molar-refractivity contribution in [1.29, 1.82) is 0 Å². The van der Waals surface area contributed by atoms with Gasteiger partial charge < -0.3 is 10.1 Å². The molecule has 0 spiro atoms. The molecule has 0 fully saturated rings. The Hall–Kier alpha value is -4.53. The number of benzene rings is 3. The number of amides is 1. The number of para-hydroxylation sites is 1. The number of hydrogen-bond donors (Lipinski definition) is 1. The summed E-state index contributed by atoms with van der Waals surface area (Å²) in [5.74, 6) is -0.783. The molecule has 4 rings (SSSR count). The second-order valence-electron chi connectivity index (χ2n) is 7.12. The molecule has 33 heavy (non-hydrogen) atoms. The lowest BCUT2D eigenvalue weighted by Gasteiger charge is -2.07. The molecule has 1 amide bonds. The van der Waals surface area contributed by atoms with Crippen molar-refractivity contribution in [3.8, 4) is 22.7 Å². The Kier molecular flexibility index (Phi) is 6.12. The van der Waals surface area contributed by atoms with Crippen LogP contribution in [-0.4, -0.2) is 27.7 Å². The maximum atomic E-state index is 13.4. The van der Waals surface area contributed by atoms with E-state index in [0.717, 1.165) is 5.69 Å². The molecule has 0 aliphatic carbocycles. The molecule has 0 atom stereocenters. The molecule has 166 valence electrons. The zero-order chi connectivity index (χ0) is 23.4. The number of nitro benzene ring substituents is 1. The quantitative estimate of drug-likeness (QED) is 0.332. The standard InChI is InChI=1S/C24H19FN4O4/c1-33-22-12-9-17(13-21(22)29(31)32)24(30)26-14-18-15-28(20-5-3-2-4-6-20)27-23(18)16-7-10-19(25)11-8-16/h2-13,15H,14H2,1H3,(H,26,30). The predicted molar refractivity (Wildman–Crippen MR) is 120 cm³/mol. The zero-order valence-electron chi connectivity index (χ0n) is 17.6. The summed E-state index contributed by atoms with van der Waals surface area (Å²) in [6.45, 7) is 0.109. The minimum atomic E-state index is -0.605. The van der Waals surface area contributed by atoms with Crippen molar-refractivity contribution in [3.05, 3.63) is 106 Å². The summed E-state index contributed by atoms with van der Waals surface area (Å²) in [7, 11) is 1.32. The molecule has 0 saturated carbocycles. The van der Waals surface area contributed by atoms with Crippen LogP contribution in [0.4, 0.5) is 10.1 Å². The fourth-order valence-electron chi connectivity index (χ4n) is 3.35. The largest absolute Gasteiger partial charge is 0.490 e. The molecule has 1 aromatic heterocycles. The molecule has 1 heterocycles. The Bertz CT molecular complexity index is 1300. The van der Waals surface area contributed by atoms with E-state index in [9.17, 15) is 19.3 Å². The molecule has 0 aliphatic rings. The molecule has 0 aliphatic heterocycles. The van der Waals surface area contributed by atoms with E-state index in [1.165, 1.54) is 37.4 Å². The van der Waals surface area contributed by atoms with Gasteiger partial charge in [0.1, 0.15) is 5.82 Å². The van der Waals surface area contributed by atoms with Crippen LogP contribution in [0.2, 0.25) is 0 Å². The third-order valence-electron chi connectivity index (χ3n) is 5.01. The van der Waals surface area contributed by atoms with Gasteiger partial charge in [0.2, 0.25) is 0 Å². The van der Waals surface area contributed by atoms with Crippen LogP contribution in [0.25, 0.3) is 16.9 Å². The Morgan fingerprint density at radius 1 is 1.12 bits per heavy atom.